The number of methoxy groups -OCH3 is 1. The van der Waals surface area contributed by atoms with E-state index in [1.807, 2.05) is 19.2 Å². The van der Waals surface area contributed by atoms with Crippen molar-refractivity contribution in [3.05, 3.63) is 29.8 Å². The van der Waals surface area contributed by atoms with Gasteiger partial charge in [0.1, 0.15) is 5.75 Å². The minimum atomic E-state index is 0.199. The third kappa shape index (κ3) is 5.62. The molecular formula is C16H27NO2. The van der Waals surface area contributed by atoms with E-state index in [1.54, 1.807) is 7.11 Å². The van der Waals surface area contributed by atoms with Gasteiger partial charge in [0.15, 0.2) is 0 Å². The van der Waals surface area contributed by atoms with Crippen molar-refractivity contribution in [1.82, 2.24) is 5.32 Å². The second kappa shape index (κ2) is 8.18. The fourth-order valence-corrected chi connectivity index (χ4v) is 2.20. The smallest absolute Gasteiger partial charge is 0.119 e. The van der Waals surface area contributed by atoms with Gasteiger partial charge in [0.2, 0.25) is 0 Å². The lowest BCUT2D eigenvalue weighted by Gasteiger charge is -2.21. The maximum absolute atomic E-state index is 5.93. The minimum absolute atomic E-state index is 0.199. The highest BCUT2D eigenvalue weighted by atomic mass is 16.5. The van der Waals surface area contributed by atoms with Gasteiger partial charge < -0.3 is 14.8 Å². The quantitative estimate of drug-likeness (QED) is 0.781. The molecule has 0 radical (unpaired) electrons. The van der Waals surface area contributed by atoms with Crippen LogP contribution in [0.15, 0.2) is 24.3 Å². The van der Waals surface area contributed by atoms with E-state index >= 15 is 0 Å². The van der Waals surface area contributed by atoms with Gasteiger partial charge in [-0.25, -0.2) is 0 Å². The monoisotopic (exact) mass is 265 g/mol. The summed E-state index contributed by atoms with van der Waals surface area (Å²) in [4.78, 5) is 0. The average Bonchev–Trinajstić information content (AvgIpc) is 2.39. The molecule has 0 aliphatic rings. The normalized spacial score (nSPS) is 14.4. The van der Waals surface area contributed by atoms with Gasteiger partial charge >= 0.3 is 0 Å². The highest BCUT2D eigenvalue weighted by Gasteiger charge is 2.13. The molecule has 0 saturated carbocycles. The largest absolute Gasteiger partial charge is 0.497 e. The molecule has 0 heterocycles. The first kappa shape index (κ1) is 16.0. The van der Waals surface area contributed by atoms with Crippen LogP contribution < -0.4 is 10.1 Å². The maximum Gasteiger partial charge on any atom is 0.119 e. The van der Waals surface area contributed by atoms with E-state index in [2.05, 4.69) is 38.2 Å². The maximum atomic E-state index is 5.93. The molecule has 0 bridgehead atoms. The van der Waals surface area contributed by atoms with E-state index in [0.717, 1.165) is 12.2 Å². The van der Waals surface area contributed by atoms with Gasteiger partial charge in [-0.15, -0.1) is 0 Å². The first-order chi connectivity index (χ1) is 9.06. The molecule has 1 N–H and O–H groups in total. The number of benzene rings is 1. The van der Waals surface area contributed by atoms with Gasteiger partial charge in [0.25, 0.3) is 0 Å². The van der Waals surface area contributed by atoms with Crippen molar-refractivity contribution in [2.45, 2.75) is 39.3 Å². The second-order valence-electron chi connectivity index (χ2n) is 5.39. The molecule has 0 amide bonds. The van der Waals surface area contributed by atoms with E-state index in [0.29, 0.717) is 18.6 Å². The van der Waals surface area contributed by atoms with Crippen LogP contribution in [0.1, 0.15) is 38.8 Å². The molecule has 1 aromatic carbocycles. The van der Waals surface area contributed by atoms with Crippen LogP contribution in [0, 0.1) is 5.92 Å². The molecule has 2 unspecified atom stereocenters. The zero-order valence-corrected chi connectivity index (χ0v) is 12.8. The van der Waals surface area contributed by atoms with Crippen molar-refractivity contribution in [2.75, 3.05) is 20.8 Å². The number of rotatable bonds is 8. The van der Waals surface area contributed by atoms with Crippen LogP contribution in [0.4, 0.5) is 0 Å². The number of hydrogen-bond acceptors (Lipinski definition) is 3. The molecule has 3 heteroatoms. The predicted molar refractivity (Wildman–Crippen MR) is 79.7 cm³/mol. The highest BCUT2D eigenvalue weighted by molar-refractivity contribution is 5.30. The minimum Gasteiger partial charge on any atom is -0.497 e. The Kier molecular flexibility index (Phi) is 6.89. The van der Waals surface area contributed by atoms with Crippen LogP contribution >= 0.6 is 0 Å². The van der Waals surface area contributed by atoms with Crippen molar-refractivity contribution in [3.8, 4) is 5.75 Å². The summed E-state index contributed by atoms with van der Waals surface area (Å²) in [5.41, 5.74) is 1.19. The van der Waals surface area contributed by atoms with Gasteiger partial charge in [0, 0.05) is 0 Å². The van der Waals surface area contributed by atoms with Crippen molar-refractivity contribution < 1.29 is 9.47 Å². The molecule has 2 atom stereocenters. The Balaban J connectivity index is 2.57. The molecule has 0 aliphatic carbocycles. The van der Waals surface area contributed by atoms with E-state index < -0.39 is 0 Å². The lowest BCUT2D eigenvalue weighted by Crippen LogP contribution is -2.24. The molecule has 108 valence electrons. The van der Waals surface area contributed by atoms with Gasteiger partial charge in [-0.3, -0.25) is 0 Å². The fraction of sp³-hybridized carbons (Fsp3) is 0.625. The molecule has 3 nitrogen and oxygen atoms in total. The van der Waals surface area contributed by atoms with E-state index in [1.165, 1.54) is 5.56 Å². The summed E-state index contributed by atoms with van der Waals surface area (Å²) in [6.07, 6.45) is 1.38. The molecule has 0 aliphatic heterocycles. The Hall–Kier alpha value is -1.06. The van der Waals surface area contributed by atoms with E-state index in [9.17, 15) is 0 Å². The van der Waals surface area contributed by atoms with Crippen molar-refractivity contribution in [1.29, 1.82) is 0 Å². The zero-order valence-electron chi connectivity index (χ0n) is 12.8. The molecule has 1 aromatic rings. The van der Waals surface area contributed by atoms with Crippen LogP contribution in [0.2, 0.25) is 0 Å². The van der Waals surface area contributed by atoms with Crippen LogP contribution in [0.3, 0.4) is 0 Å². The third-order valence-corrected chi connectivity index (χ3v) is 3.20. The summed E-state index contributed by atoms with van der Waals surface area (Å²) in [5.74, 6) is 1.55. The lowest BCUT2D eigenvalue weighted by molar-refractivity contribution is 0.0382. The summed E-state index contributed by atoms with van der Waals surface area (Å²) in [6, 6.07) is 8.32. The number of hydrogen-bond donors (Lipinski definition) is 1. The van der Waals surface area contributed by atoms with E-state index in [4.69, 9.17) is 9.47 Å². The Bertz CT molecular complexity index is 366. The lowest BCUT2D eigenvalue weighted by atomic mass is 10.1. The van der Waals surface area contributed by atoms with Crippen molar-refractivity contribution in [3.63, 3.8) is 0 Å². The predicted octanol–water partition coefficient (Wildman–Crippen LogP) is 3.41. The molecule has 1 rings (SSSR count). The van der Waals surface area contributed by atoms with E-state index in [-0.39, 0.29) is 6.04 Å². The summed E-state index contributed by atoms with van der Waals surface area (Å²) >= 11 is 0. The van der Waals surface area contributed by atoms with Gasteiger partial charge in [0.05, 0.1) is 25.9 Å². The number of ether oxygens (including phenoxy) is 2. The van der Waals surface area contributed by atoms with Crippen molar-refractivity contribution >= 4 is 0 Å². The molecule has 0 fully saturated rings. The third-order valence-electron chi connectivity index (χ3n) is 3.20. The zero-order chi connectivity index (χ0) is 14.3. The fourth-order valence-electron chi connectivity index (χ4n) is 2.20. The Morgan fingerprint density at radius 2 is 1.95 bits per heavy atom. The second-order valence-corrected chi connectivity index (χ2v) is 5.39. The molecule has 0 aromatic heterocycles. The molecule has 19 heavy (non-hydrogen) atoms. The van der Waals surface area contributed by atoms with Gasteiger partial charge in [-0.05, 0) is 44.0 Å². The first-order valence-corrected chi connectivity index (χ1v) is 6.99. The Morgan fingerprint density at radius 1 is 1.21 bits per heavy atom. The number of likely N-dealkylation sites (N-methyl/N-ethyl adjacent to an activating group) is 1. The standard InChI is InChI=1S/C16H27NO2/c1-12(2)9-13(3)19-11-16(17-4)14-7-6-8-15(10-14)18-5/h6-8,10,12-13,16-17H,9,11H2,1-5H3. The topological polar surface area (TPSA) is 30.5 Å². The highest BCUT2D eigenvalue weighted by Crippen LogP contribution is 2.20. The molecule has 0 saturated heterocycles. The summed E-state index contributed by atoms with van der Waals surface area (Å²) in [6.45, 7) is 7.25. The summed E-state index contributed by atoms with van der Waals surface area (Å²) in [7, 11) is 3.65. The SMILES string of the molecule is CNC(COC(C)CC(C)C)c1cccc(OC)c1. The van der Waals surface area contributed by atoms with Gasteiger partial charge in [-0.1, -0.05) is 26.0 Å². The van der Waals surface area contributed by atoms with Crippen LogP contribution in [-0.4, -0.2) is 26.9 Å². The molecular weight excluding hydrogens is 238 g/mol. The Labute approximate surface area is 117 Å². The molecule has 0 spiro atoms. The van der Waals surface area contributed by atoms with Crippen molar-refractivity contribution in [2.24, 2.45) is 5.92 Å². The first-order valence-electron chi connectivity index (χ1n) is 6.99. The summed E-state index contributed by atoms with van der Waals surface area (Å²) < 4.78 is 11.2. The van der Waals surface area contributed by atoms with Crippen LogP contribution in [0.5, 0.6) is 5.75 Å². The Morgan fingerprint density at radius 3 is 2.53 bits per heavy atom. The van der Waals surface area contributed by atoms with Crippen LogP contribution in [0.25, 0.3) is 0 Å². The average molecular weight is 265 g/mol. The van der Waals surface area contributed by atoms with Gasteiger partial charge in [-0.2, -0.15) is 0 Å². The number of nitrogens with one attached hydrogen (secondary N) is 1. The van der Waals surface area contributed by atoms with Crippen LogP contribution in [-0.2, 0) is 4.74 Å². The summed E-state index contributed by atoms with van der Waals surface area (Å²) in [5, 5.41) is 3.30.